The number of carbonyl (C=O) groups excluding carboxylic acids is 1. The summed E-state index contributed by atoms with van der Waals surface area (Å²) in [6, 6.07) is 9.86. The standard InChI is InChI=1S/C22H26N2O4S/c1-5-6-7-14-8-10-16-18(12-14)29-22(23-16)24-19(25)13-15-9-11-17(26-2)21(28-4)20(15)27-3/h8-12H,5-7,13H2,1-4H3,(H,23,24,25). The Morgan fingerprint density at radius 2 is 1.86 bits per heavy atom. The first-order chi connectivity index (χ1) is 14.1. The van der Waals surface area contributed by atoms with Gasteiger partial charge in [0, 0.05) is 5.56 Å². The highest BCUT2D eigenvalue weighted by Crippen LogP contribution is 2.40. The third-order valence-corrected chi connectivity index (χ3v) is 5.59. The van der Waals surface area contributed by atoms with Crippen LogP contribution in [0.15, 0.2) is 30.3 Å². The van der Waals surface area contributed by atoms with Gasteiger partial charge in [0.1, 0.15) is 0 Å². The van der Waals surface area contributed by atoms with Crippen LogP contribution in [-0.4, -0.2) is 32.2 Å². The van der Waals surface area contributed by atoms with E-state index in [0.717, 1.165) is 16.6 Å². The number of nitrogens with one attached hydrogen (secondary N) is 1. The molecule has 29 heavy (non-hydrogen) atoms. The first-order valence-electron chi connectivity index (χ1n) is 9.56. The number of methoxy groups -OCH3 is 3. The summed E-state index contributed by atoms with van der Waals surface area (Å²) in [6.07, 6.45) is 3.54. The molecule has 154 valence electrons. The topological polar surface area (TPSA) is 69.7 Å². The van der Waals surface area contributed by atoms with Crippen molar-refractivity contribution in [1.82, 2.24) is 4.98 Å². The van der Waals surface area contributed by atoms with Gasteiger partial charge in [-0.05, 0) is 36.6 Å². The van der Waals surface area contributed by atoms with Gasteiger partial charge in [-0.2, -0.15) is 0 Å². The van der Waals surface area contributed by atoms with Gasteiger partial charge in [-0.15, -0.1) is 0 Å². The summed E-state index contributed by atoms with van der Waals surface area (Å²) in [4.78, 5) is 17.1. The lowest BCUT2D eigenvalue weighted by molar-refractivity contribution is -0.115. The Hall–Kier alpha value is -2.80. The molecule has 1 N–H and O–H groups in total. The molecule has 0 saturated heterocycles. The lowest BCUT2D eigenvalue weighted by Crippen LogP contribution is -2.15. The summed E-state index contributed by atoms with van der Waals surface area (Å²) in [6.45, 7) is 2.19. The van der Waals surface area contributed by atoms with Crippen molar-refractivity contribution < 1.29 is 19.0 Å². The molecule has 0 unspecified atom stereocenters. The van der Waals surface area contributed by atoms with E-state index in [2.05, 4.69) is 29.4 Å². The fourth-order valence-corrected chi connectivity index (χ4v) is 4.14. The highest BCUT2D eigenvalue weighted by Gasteiger charge is 2.18. The number of nitrogens with zero attached hydrogens (tertiary/aromatic N) is 1. The number of carbonyl (C=O) groups is 1. The summed E-state index contributed by atoms with van der Waals surface area (Å²) >= 11 is 1.49. The highest BCUT2D eigenvalue weighted by molar-refractivity contribution is 7.22. The summed E-state index contributed by atoms with van der Waals surface area (Å²) < 4.78 is 17.2. The van der Waals surface area contributed by atoms with Crippen molar-refractivity contribution in [3.63, 3.8) is 0 Å². The van der Waals surface area contributed by atoms with Crippen LogP contribution in [0.3, 0.4) is 0 Å². The molecule has 0 bridgehead atoms. The molecule has 0 fully saturated rings. The zero-order chi connectivity index (χ0) is 20.8. The molecule has 0 aliphatic rings. The molecule has 1 amide bonds. The third kappa shape index (κ3) is 4.79. The van der Waals surface area contributed by atoms with Crippen molar-refractivity contribution in [1.29, 1.82) is 0 Å². The van der Waals surface area contributed by atoms with Gasteiger partial charge in [-0.25, -0.2) is 4.98 Å². The molecule has 3 aromatic rings. The smallest absolute Gasteiger partial charge is 0.230 e. The Kier molecular flexibility index (Phi) is 6.93. The molecule has 0 radical (unpaired) electrons. The molecule has 0 atom stereocenters. The summed E-state index contributed by atoms with van der Waals surface area (Å²) in [7, 11) is 4.65. The normalized spacial score (nSPS) is 10.8. The van der Waals surface area contributed by atoms with Crippen LogP contribution >= 0.6 is 11.3 Å². The van der Waals surface area contributed by atoms with Crippen LogP contribution in [0.2, 0.25) is 0 Å². The molecular weight excluding hydrogens is 388 g/mol. The first-order valence-corrected chi connectivity index (χ1v) is 10.4. The van der Waals surface area contributed by atoms with Crippen LogP contribution in [-0.2, 0) is 17.6 Å². The Labute approximate surface area is 174 Å². The van der Waals surface area contributed by atoms with E-state index in [9.17, 15) is 4.79 Å². The molecule has 0 aliphatic heterocycles. The van der Waals surface area contributed by atoms with Crippen molar-refractivity contribution in [3.05, 3.63) is 41.5 Å². The number of anilines is 1. The second-order valence-electron chi connectivity index (χ2n) is 6.64. The maximum absolute atomic E-state index is 12.6. The monoisotopic (exact) mass is 414 g/mol. The van der Waals surface area contributed by atoms with Gasteiger partial charge in [0.15, 0.2) is 16.6 Å². The van der Waals surface area contributed by atoms with E-state index in [4.69, 9.17) is 14.2 Å². The van der Waals surface area contributed by atoms with E-state index >= 15 is 0 Å². The molecule has 7 heteroatoms. The number of ether oxygens (including phenoxy) is 3. The number of fused-ring (bicyclic) bond motifs is 1. The maximum atomic E-state index is 12.6. The van der Waals surface area contributed by atoms with Crippen LogP contribution in [0.1, 0.15) is 30.9 Å². The summed E-state index contributed by atoms with van der Waals surface area (Å²) in [5, 5.41) is 3.50. The van der Waals surface area contributed by atoms with E-state index < -0.39 is 0 Å². The van der Waals surface area contributed by atoms with E-state index in [1.807, 2.05) is 6.07 Å². The van der Waals surface area contributed by atoms with E-state index in [-0.39, 0.29) is 12.3 Å². The molecule has 0 aliphatic carbocycles. The third-order valence-electron chi connectivity index (χ3n) is 4.65. The average molecular weight is 415 g/mol. The summed E-state index contributed by atoms with van der Waals surface area (Å²) in [5.41, 5.74) is 2.91. The SMILES string of the molecule is CCCCc1ccc2nc(NC(=O)Cc3ccc(OC)c(OC)c3OC)sc2c1. The molecular formula is C22H26N2O4S. The molecule has 1 aromatic heterocycles. The Bertz CT molecular complexity index is 1000. The van der Waals surface area contributed by atoms with Crippen LogP contribution in [0, 0.1) is 0 Å². The second-order valence-corrected chi connectivity index (χ2v) is 7.67. The van der Waals surface area contributed by atoms with Gasteiger partial charge in [0.2, 0.25) is 11.7 Å². The van der Waals surface area contributed by atoms with Crippen molar-refractivity contribution in [2.24, 2.45) is 0 Å². The van der Waals surface area contributed by atoms with Crippen molar-refractivity contribution in [2.75, 3.05) is 26.6 Å². The van der Waals surface area contributed by atoms with Crippen molar-refractivity contribution >= 4 is 32.6 Å². The minimum absolute atomic E-state index is 0.140. The highest BCUT2D eigenvalue weighted by atomic mass is 32.1. The predicted octanol–water partition coefficient (Wildman–Crippen LogP) is 4.85. The molecule has 1 heterocycles. The zero-order valence-electron chi connectivity index (χ0n) is 17.2. The van der Waals surface area contributed by atoms with Crippen LogP contribution in [0.4, 0.5) is 5.13 Å². The zero-order valence-corrected chi connectivity index (χ0v) is 18.0. The average Bonchev–Trinajstić information content (AvgIpc) is 3.12. The van der Waals surface area contributed by atoms with Gasteiger partial charge in [-0.3, -0.25) is 4.79 Å². The number of rotatable bonds is 9. The van der Waals surface area contributed by atoms with Crippen molar-refractivity contribution in [3.8, 4) is 17.2 Å². The largest absolute Gasteiger partial charge is 0.493 e. The quantitative estimate of drug-likeness (QED) is 0.542. The van der Waals surface area contributed by atoms with Gasteiger partial charge >= 0.3 is 0 Å². The summed E-state index contributed by atoms with van der Waals surface area (Å²) in [5.74, 6) is 1.35. The van der Waals surface area contributed by atoms with Crippen LogP contribution in [0.5, 0.6) is 17.2 Å². The molecule has 0 spiro atoms. The number of thiazole rings is 1. The number of aryl methyl sites for hydroxylation is 1. The van der Waals surface area contributed by atoms with Crippen LogP contribution < -0.4 is 19.5 Å². The Balaban J connectivity index is 1.75. The predicted molar refractivity (Wildman–Crippen MR) is 117 cm³/mol. The number of hydrogen-bond donors (Lipinski definition) is 1. The molecule has 6 nitrogen and oxygen atoms in total. The molecule has 3 rings (SSSR count). The van der Waals surface area contributed by atoms with E-state index in [1.165, 1.54) is 29.7 Å². The van der Waals surface area contributed by atoms with Gasteiger partial charge in [-0.1, -0.05) is 36.8 Å². The number of amides is 1. The van der Waals surface area contributed by atoms with Crippen LogP contribution in [0.25, 0.3) is 10.2 Å². The van der Waals surface area contributed by atoms with Crippen molar-refractivity contribution in [2.45, 2.75) is 32.6 Å². The maximum Gasteiger partial charge on any atom is 0.230 e. The van der Waals surface area contributed by atoms with Gasteiger partial charge in [0.25, 0.3) is 0 Å². The first kappa shape index (κ1) is 20.9. The number of benzene rings is 2. The fraction of sp³-hybridized carbons (Fsp3) is 0.364. The van der Waals surface area contributed by atoms with E-state index in [0.29, 0.717) is 27.9 Å². The molecule has 0 saturated carbocycles. The minimum Gasteiger partial charge on any atom is -0.493 e. The Morgan fingerprint density at radius 3 is 2.55 bits per heavy atom. The second kappa shape index (κ2) is 9.60. The van der Waals surface area contributed by atoms with Gasteiger partial charge in [0.05, 0.1) is 38.0 Å². The minimum atomic E-state index is -0.166. The number of aromatic nitrogens is 1. The molecule has 2 aromatic carbocycles. The lowest BCUT2D eigenvalue weighted by Gasteiger charge is -2.15. The fourth-order valence-electron chi connectivity index (χ4n) is 3.20. The van der Waals surface area contributed by atoms with Gasteiger partial charge < -0.3 is 19.5 Å². The van der Waals surface area contributed by atoms with E-state index in [1.54, 1.807) is 33.5 Å². The Morgan fingerprint density at radius 1 is 1.07 bits per heavy atom. The number of unbranched alkanes of at least 4 members (excludes halogenated alkanes) is 1. The lowest BCUT2D eigenvalue weighted by atomic mass is 10.1. The number of hydrogen-bond acceptors (Lipinski definition) is 6.